The highest BCUT2D eigenvalue weighted by Gasteiger charge is 2.40. The maximum absolute atomic E-state index is 12.8. The summed E-state index contributed by atoms with van der Waals surface area (Å²) in [6.07, 6.45) is 0. The van der Waals surface area contributed by atoms with Crippen molar-refractivity contribution < 1.29 is 34.4 Å². The number of halogens is 1. The maximum Gasteiger partial charge on any atom is 0.345 e. The molecule has 36 heavy (non-hydrogen) atoms. The fourth-order valence-corrected chi connectivity index (χ4v) is 3.67. The number of benzene rings is 4. The summed E-state index contributed by atoms with van der Waals surface area (Å²) in [5, 5.41) is 39.5. The number of hydrogen-bond acceptors (Lipinski definition) is 4. The van der Waals surface area contributed by atoms with E-state index in [2.05, 4.69) is 0 Å². The third kappa shape index (κ3) is 5.33. The minimum Gasteiger partial charge on any atom is -0.479 e. The molecule has 0 spiro atoms. The van der Waals surface area contributed by atoms with Crippen LogP contribution < -0.4 is 0 Å². The fraction of sp³-hybridized carbons (Fsp3) is 0.103. The Morgan fingerprint density at radius 1 is 0.556 bits per heavy atom. The van der Waals surface area contributed by atoms with Crippen LogP contribution in [0.2, 0.25) is 0 Å². The van der Waals surface area contributed by atoms with Gasteiger partial charge >= 0.3 is 11.9 Å². The van der Waals surface area contributed by atoms with Crippen LogP contribution >= 0.6 is 0 Å². The molecule has 0 bridgehead atoms. The van der Waals surface area contributed by atoms with Gasteiger partial charge in [-0.3, -0.25) is 0 Å². The van der Waals surface area contributed by atoms with E-state index in [1.165, 1.54) is 24.3 Å². The first kappa shape index (κ1) is 26.3. The highest BCUT2D eigenvalue weighted by atomic mass is 19.1. The van der Waals surface area contributed by atoms with Crippen molar-refractivity contribution in [2.24, 2.45) is 0 Å². The summed E-state index contributed by atoms with van der Waals surface area (Å²) in [5.41, 5.74) is -2.12. The van der Waals surface area contributed by atoms with E-state index in [9.17, 15) is 34.4 Å². The first-order chi connectivity index (χ1) is 17.1. The number of rotatable bonds is 6. The third-order valence-electron chi connectivity index (χ3n) is 5.73. The molecule has 0 aliphatic heterocycles. The van der Waals surface area contributed by atoms with Gasteiger partial charge in [0.1, 0.15) is 5.82 Å². The molecule has 184 valence electrons. The van der Waals surface area contributed by atoms with Gasteiger partial charge in [-0.05, 0) is 41.3 Å². The zero-order valence-electron chi connectivity index (χ0n) is 19.4. The lowest BCUT2D eigenvalue weighted by atomic mass is 9.86. The van der Waals surface area contributed by atoms with E-state index in [4.69, 9.17) is 0 Å². The largest absolute Gasteiger partial charge is 0.479 e. The van der Waals surface area contributed by atoms with Crippen molar-refractivity contribution in [3.8, 4) is 0 Å². The molecule has 0 radical (unpaired) electrons. The van der Waals surface area contributed by atoms with E-state index in [-0.39, 0.29) is 11.1 Å². The molecule has 4 aromatic rings. The second-order valence-electron chi connectivity index (χ2n) is 8.14. The van der Waals surface area contributed by atoms with Crippen LogP contribution in [0.4, 0.5) is 4.39 Å². The molecule has 0 fully saturated rings. The Kier molecular flexibility index (Phi) is 7.99. The molecule has 4 N–H and O–H groups in total. The van der Waals surface area contributed by atoms with Crippen LogP contribution in [-0.2, 0) is 20.8 Å². The van der Waals surface area contributed by atoms with Crippen molar-refractivity contribution >= 4 is 11.9 Å². The van der Waals surface area contributed by atoms with Crippen LogP contribution in [0.1, 0.15) is 27.8 Å². The van der Waals surface area contributed by atoms with E-state index in [1.54, 1.807) is 72.8 Å². The van der Waals surface area contributed by atoms with E-state index in [0.717, 1.165) is 17.7 Å². The van der Waals surface area contributed by atoms with E-state index in [1.807, 2.05) is 6.92 Å². The first-order valence-corrected chi connectivity index (χ1v) is 11.0. The smallest absolute Gasteiger partial charge is 0.345 e. The predicted octanol–water partition coefficient (Wildman–Crippen LogP) is 4.46. The predicted molar refractivity (Wildman–Crippen MR) is 132 cm³/mol. The molecule has 4 rings (SSSR count). The molecule has 4 aromatic carbocycles. The van der Waals surface area contributed by atoms with Gasteiger partial charge in [0.05, 0.1) is 0 Å². The van der Waals surface area contributed by atoms with Crippen molar-refractivity contribution in [1.29, 1.82) is 0 Å². The van der Waals surface area contributed by atoms with E-state index < -0.39 is 29.0 Å². The van der Waals surface area contributed by atoms with Crippen LogP contribution in [0.3, 0.4) is 0 Å². The third-order valence-corrected chi connectivity index (χ3v) is 5.73. The highest BCUT2D eigenvalue weighted by molar-refractivity contribution is 5.84. The van der Waals surface area contributed by atoms with E-state index >= 15 is 0 Å². The minimum atomic E-state index is -2.17. The molecule has 0 aliphatic carbocycles. The lowest BCUT2D eigenvalue weighted by Gasteiger charge is -2.24. The molecular formula is C29H25FO6. The summed E-state index contributed by atoms with van der Waals surface area (Å²) in [6.45, 7) is 1.91. The summed E-state index contributed by atoms with van der Waals surface area (Å²) >= 11 is 0. The summed E-state index contributed by atoms with van der Waals surface area (Å²) in [4.78, 5) is 22.8. The summed E-state index contributed by atoms with van der Waals surface area (Å²) in [7, 11) is 0. The van der Waals surface area contributed by atoms with Crippen molar-refractivity contribution in [3.05, 3.63) is 143 Å². The summed E-state index contributed by atoms with van der Waals surface area (Å²) < 4.78 is 12.8. The average Bonchev–Trinajstić information content (AvgIpc) is 2.89. The van der Waals surface area contributed by atoms with Gasteiger partial charge in [0.2, 0.25) is 11.2 Å². The van der Waals surface area contributed by atoms with Gasteiger partial charge in [0.15, 0.2) is 0 Å². The summed E-state index contributed by atoms with van der Waals surface area (Å²) in [6, 6.07) is 28.0. The highest BCUT2D eigenvalue weighted by Crippen LogP contribution is 2.31. The van der Waals surface area contributed by atoms with Crippen LogP contribution in [0, 0.1) is 12.7 Å². The average molecular weight is 489 g/mol. The topological polar surface area (TPSA) is 115 Å². The fourth-order valence-electron chi connectivity index (χ4n) is 3.67. The lowest BCUT2D eigenvalue weighted by molar-refractivity contribution is -0.155. The van der Waals surface area contributed by atoms with E-state index in [0.29, 0.717) is 11.1 Å². The van der Waals surface area contributed by atoms with Gasteiger partial charge in [-0.1, -0.05) is 103 Å². The Hall–Kier alpha value is -4.33. The van der Waals surface area contributed by atoms with Gasteiger partial charge in [0, 0.05) is 0 Å². The molecule has 0 heterocycles. The standard InChI is InChI=1S/C15H14O3.C14H11FO3/c1-11-7-9-13(10-8-11)15(18,14(16)17)12-5-3-2-4-6-12;15-12-8-6-11(7-9-12)14(18,13(16)17)10-4-2-1-3-5-10/h2-10,18H,1H3,(H,16,17);1-9,18H,(H,16,17). The normalized spacial score (nSPS) is 13.9. The zero-order chi connectivity index (χ0) is 26.3. The Morgan fingerprint density at radius 2 is 0.861 bits per heavy atom. The Bertz CT molecular complexity index is 1200. The number of carboxylic acid groups (broad SMARTS) is 2. The number of aliphatic carboxylic acids is 2. The Labute approximate surface area is 207 Å². The molecular weight excluding hydrogens is 463 g/mol. The number of carbonyl (C=O) groups is 2. The monoisotopic (exact) mass is 488 g/mol. The van der Waals surface area contributed by atoms with Gasteiger partial charge in [0.25, 0.3) is 0 Å². The SMILES string of the molecule is Cc1ccc(C(O)(C(=O)O)c2ccccc2)cc1.O=C(O)C(O)(c1ccccc1)c1ccc(F)cc1. The van der Waals surface area contributed by atoms with Gasteiger partial charge < -0.3 is 20.4 Å². The zero-order valence-corrected chi connectivity index (χ0v) is 19.4. The van der Waals surface area contributed by atoms with Gasteiger partial charge in [-0.15, -0.1) is 0 Å². The molecule has 0 aliphatic rings. The van der Waals surface area contributed by atoms with Gasteiger partial charge in [-0.2, -0.15) is 0 Å². The molecule has 2 unspecified atom stereocenters. The van der Waals surface area contributed by atoms with Crippen LogP contribution in [0.15, 0.2) is 109 Å². The minimum absolute atomic E-state index is 0.114. The van der Waals surface area contributed by atoms with Crippen LogP contribution in [0.5, 0.6) is 0 Å². The molecule has 0 amide bonds. The molecule has 0 saturated heterocycles. The van der Waals surface area contributed by atoms with Crippen LogP contribution in [-0.4, -0.2) is 32.4 Å². The number of aliphatic hydroxyl groups is 2. The maximum atomic E-state index is 12.8. The molecule has 7 heteroatoms. The Balaban J connectivity index is 0.000000201. The molecule has 0 aromatic heterocycles. The number of hydrogen-bond donors (Lipinski definition) is 4. The van der Waals surface area contributed by atoms with Crippen molar-refractivity contribution in [2.45, 2.75) is 18.1 Å². The second-order valence-corrected chi connectivity index (χ2v) is 8.14. The second kappa shape index (κ2) is 10.9. The number of aryl methyl sites for hydroxylation is 1. The molecule has 6 nitrogen and oxygen atoms in total. The van der Waals surface area contributed by atoms with Crippen molar-refractivity contribution in [1.82, 2.24) is 0 Å². The number of carboxylic acids is 2. The van der Waals surface area contributed by atoms with Gasteiger partial charge in [-0.25, -0.2) is 14.0 Å². The lowest BCUT2D eigenvalue weighted by Crippen LogP contribution is -2.36. The van der Waals surface area contributed by atoms with Crippen molar-refractivity contribution in [3.63, 3.8) is 0 Å². The Morgan fingerprint density at radius 3 is 1.19 bits per heavy atom. The molecule has 0 saturated carbocycles. The first-order valence-electron chi connectivity index (χ1n) is 11.0. The van der Waals surface area contributed by atoms with Crippen molar-refractivity contribution in [2.75, 3.05) is 0 Å². The molecule has 2 atom stereocenters. The quantitative estimate of drug-likeness (QED) is 0.319. The van der Waals surface area contributed by atoms with Crippen LogP contribution in [0.25, 0.3) is 0 Å². The summed E-state index contributed by atoms with van der Waals surface area (Å²) in [5.74, 6) is -3.17.